The molecule has 44 heavy (non-hydrogen) atoms. The van der Waals surface area contributed by atoms with Crippen LogP contribution in [-0.4, -0.2) is 77.6 Å². The number of aliphatic hydroxyl groups excluding tert-OH is 1. The maximum Gasteiger partial charge on any atom is 0.253 e. The molecule has 238 valence electrons. The minimum atomic E-state index is -1.27. The van der Waals surface area contributed by atoms with Crippen LogP contribution in [0.5, 0.6) is 0 Å². The molecule has 12 heteroatoms. The quantitative estimate of drug-likeness (QED) is 0.206. The summed E-state index contributed by atoms with van der Waals surface area (Å²) in [6.07, 6.45) is 2.16. The summed E-state index contributed by atoms with van der Waals surface area (Å²) in [4.78, 5) is 44.9. The van der Waals surface area contributed by atoms with Crippen LogP contribution in [0.15, 0.2) is 53.3 Å². The summed E-state index contributed by atoms with van der Waals surface area (Å²) in [7, 11) is 1.66. The lowest BCUT2D eigenvalue weighted by molar-refractivity contribution is -0.123. The maximum atomic E-state index is 14.0. The maximum absolute atomic E-state index is 14.0. The van der Waals surface area contributed by atoms with E-state index in [1.165, 1.54) is 29.5 Å². The molecule has 2 aromatic carbocycles. The molecule has 0 saturated heterocycles. The third kappa shape index (κ3) is 9.95. The second-order valence-electron chi connectivity index (χ2n) is 11.3. The largest absolute Gasteiger partial charge is 0.445 e. The molecule has 0 fully saturated rings. The van der Waals surface area contributed by atoms with Crippen LogP contribution in [-0.2, 0) is 11.2 Å². The lowest BCUT2D eigenvalue weighted by Gasteiger charge is -2.26. The van der Waals surface area contributed by atoms with Gasteiger partial charge in [-0.05, 0) is 61.6 Å². The average molecular weight is 614 g/mol. The minimum Gasteiger partial charge on any atom is -0.445 e. The van der Waals surface area contributed by atoms with Crippen molar-refractivity contribution in [1.82, 2.24) is 25.8 Å². The zero-order valence-electron chi connectivity index (χ0n) is 25.7. The zero-order chi connectivity index (χ0) is 32.4. The van der Waals surface area contributed by atoms with Crippen LogP contribution in [0.2, 0.25) is 0 Å². The van der Waals surface area contributed by atoms with Crippen molar-refractivity contribution in [2.45, 2.75) is 58.7 Å². The van der Waals surface area contributed by atoms with Gasteiger partial charge >= 0.3 is 0 Å². The molecule has 1 heterocycles. The molecule has 0 aliphatic heterocycles. The molecule has 3 aromatic rings. The molecule has 4 N–H and O–H groups in total. The minimum absolute atomic E-state index is 0.0889. The fourth-order valence-electron chi connectivity index (χ4n) is 4.54. The second-order valence-corrected chi connectivity index (χ2v) is 11.3. The molecule has 0 radical (unpaired) electrons. The molecule has 3 rings (SSSR count). The van der Waals surface area contributed by atoms with Crippen molar-refractivity contribution in [2.75, 3.05) is 26.7 Å². The molecule has 0 bridgehead atoms. The Bertz CT molecular complexity index is 1400. The Morgan fingerprint density at radius 1 is 1.00 bits per heavy atom. The summed E-state index contributed by atoms with van der Waals surface area (Å²) >= 11 is 0. The van der Waals surface area contributed by atoms with Crippen molar-refractivity contribution in [1.29, 1.82) is 0 Å². The number of hydrogen-bond acceptors (Lipinski definition) is 7. The van der Waals surface area contributed by atoms with Gasteiger partial charge in [0.15, 0.2) is 0 Å². The van der Waals surface area contributed by atoms with Crippen LogP contribution < -0.4 is 16.0 Å². The van der Waals surface area contributed by atoms with E-state index in [2.05, 4.69) is 20.9 Å². The topological polar surface area (TPSA) is 137 Å². The van der Waals surface area contributed by atoms with E-state index in [0.29, 0.717) is 18.7 Å². The highest BCUT2D eigenvalue weighted by atomic mass is 19.1. The molecule has 0 saturated carbocycles. The van der Waals surface area contributed by atoms with Gasteiger partial charge < -0.3 is 30.4 Å². The Morgan fingerprint density at radius 2 is 1.68 bits per heavy atom. The molecule has 0 spiro atoms. The molecule has 0 aliphatic rings. The van der Waals surface area contributed by atoms with Crippen LogP contribution >= 0.6 is 0 Å². The number of aromatic nitrogens is 1. The van der Waals surface area contributed by atoms with Crippen molar-refractivity contribution in [2.24, 2.45) is 5.92 Å². The Labute approximate surface area is 256 Å². The third-order valence-corrected chi connectivity index (χ3v) is 6.90. The summed E-state index contributed by atoms with van der Waals surface area (Å²) in [6.45, 7) is 8.39. The van der Waals surface area contributed by atoms with Gasteiger partial charge in [0, 0.05) is 49.4 Å². The highest BCUT2D eigenvalue weighted by molar-refractivity contribution is 6.01. The van der Waals surface area contributed by atoms with Crippen molar-refractivity contribution in [3.8, 4) is 11.5 Å². The first-order chi connectivity index (χ1) is 20.9. The van der Waals surface area contributed by atoms with Gasteiger partial charge in [0.2, 0.25) is 11.8 Å². The molecular formula is C32H41F2N5O5. The number of benzene rings is 2. The van der Waals surface area contributed by atoms with E-state index < -0.39 is 35.7 Å². The van der Waals surface area contributed by atoms with E-state index in [4.69, 9.17) is 4.42 Å². The number of rotatable bonds is 15. The predicted molar refractivity (Wildman–Crippen MR) is 162 cm³/mol. The molecule has 3 atom stereocenters. The highest BCUT2D eigenvalue weighted by Crippen LogP contribution is 2.23. The van der Waals surface area contributed by atoms with E-state index in [1.807, 2.05) is 20.8 Å². The summed E-state index contributed by atoms with van der Waals surface area (Å²) in [5.41, 5.74) is 0.920. The fraction of sp³-hybridized carbons (Fsp3) is 0.438. The fourth-order valence-corrected chi connectivity index (χ4v) is 4.54. The van der Waals surface area contributed by atoms with Gasteiger partial charge in [-0.3, -0.25) is 14.4 Å². The lowest BCUT2D eigenvalue weighted by atomic mass is 9.99. The van der Waals surface area contributed by atoms with Crippen LogP contribution in [0.25, 0.3) is 11.5 Å². The first-order valence-electron chi connectivity index (χ1n) is 14.6. The summed E-state index contributed by atoms with van der Waals surface area (Å²) in [5.74, 6) is -2.35. The van der Waals surface area contributed by atoms with Gasteiger partial charge in [-0.1, -0.05) is 20.8 Å². The monoisotopic (exact) mass is 613 g/mol. The molecule has 3 amide bonds. The number of hydrogen-bond donors (Lipinski definition) is 4. The van der Waals surface area contributed by atoms with E-state index in [0.717, 1.165) is 24.6 Å². The standard InChI is InChI=1S/C32H41F2N5O5/c1-6-8-39(5)32(43)24-14-22(13-23(15-24)31-35-7-9-44-31)30(42)38-27(12-21-10-25(33)16-26(34)11-21)28(40)18-36-20(4)29(41)37-17-19(2)3/h7,9-11,13-16,19-20,27-28,36,40H,6,8,12,17-18H2,1-5H3,(H,37,41)(H,38,42). The van der Waals surface area contributed by atoms with Crippen LogP contribution in [0.3, 0.4) is 0 Å². The number of nitrogens with zero attached hydrogens (tertiary/aromatic N) is 2. The Balaban J connectivity index is 1.88. The van der Waals surface area contributed by atoms with Crippen molar-refractivity contribution in [3.63, 3.8) is 0 Å². The number of oxazole rings is 1. The van der Waals surface area contributed by atoms with Gasteiger partial charge in [0.05, 0.1) is 24.4 Å². The van der Waals surface area contributed by atoms with E-state index in [1.54, 1.807) is 20.0 Å². The van der Waals surface area contributed by atoms with E-state index in [9.17, 15) is 28.3 Å². The summed E-state index contributed by atoms with van der Waals surface area (Å²) in [6, 6.07) is 5.79. The van der Waals surface area contributed by atoms with Gasteiger partial charge in [0.25, 0.3) is 11.8 Å². The number of nitrogens with one attached hydrogen (secondary N) is 3. The van der Waals surface area contributed by atoms with E-state index in [-0.39, 0.29) is 53.3 Å². The molecular weight excluding hydrogens is 572 g/mol. The predicted octanol–water partition coefficient (Wildman–Crippen LogP) is 3.55. The van der Waals surface area contributed by atoms with Gasteiger partial charge in [-0.2, -0.15) is 0 Å². The average Bonchev–Trinajstić information content (AvgIpc) is 3.52. The van der Waals surface area contributed by atoms with Gasteiger partial charge in [-0.15, -0.1) is 0 Å². The molecule has 1 aromatic heterocycles. The van der Waals surface area contributed by atoms with Crippen molar-refractivity contribution >= 4 is 17.7 Å². The summed E-state index contributed by atoms with van der Waals surface area (Å²) < 4.78 is 33.4. The normalized spacial score (nSPS) is 13.3. The smallest absolute Gasteiger partial charge is 0.253 e. The SMILES string of the molecule is CCCN(C)C(=O)c1cc(C(=O)NC(Cc2cc(F)cc(F)c2)C(O)CNC(C)C(=O)NCC(C)C)cc(-c2ncco2)c1. The highest BCUT2D eigenvalue weighted by Gasteiger charge is 2.26. The number of carbonyl (C=O) groups excluding carboxylic acids is 3. The third-order valence-electron chi connectivity index (χ3n) is 6.90. The number of carbonyl (C=O) groups is 3. The van der Waals surface area contributed by atoms with Gasteiger partial charge in [-0.25, -0.2) is 13.8 Å². The van der Waals surface area contributed by atoms with Crippen LogP contribution in [0.4, 0.5) is 8.78 Å². The molecule has 10 nitrogen and oxygen atoms in total. The first kappa shape index (κ1) is 34.3. The van der Waals surface area contributed by atoms with Crippen LogP contribution in [0, 0.1) is 17.6 Å². The first-order valence-corrected chi connectivity index (χ1v) is 14.6. The van der Waals surface area contributed by atoms with Crippen LogP contribution in [0.1, 0.15) is 60.4 Å². The zero-order valence-corrected chi connectivity index (χ0v) is 25.7. The van der Waals surface area contributed by atoms with Crippen molar-refractivity contribution in [3.05, 3.63) is 77.2 Å². The lowest BCUT2D eigenvalue weighted by Crippen LogP contribution is -2.52. The number of aliphatic hydroxyl groups is 1. The Hall–Kier alpha value is -4.16. The number of amides is 3. The van der Waals surface area contributed by atoms with E-state index >= 15 is 0 Å². The Morgan fingerprint density at radius 3 is 2.30 bits per heavy atom. The van der Waals surface area contributed by atoms with Gasteiger partial charge in [0.1, 0.15) is 17.9 Å². The molecule has 0 aliphatic carbocycles. The molecule has 3 unspecified atom stereocenters. The summed E-state index contributed by atoms with van der Waals surface area (Å²) in [5, 5.41) is 19.7. The van der Waals surface area contributed by atoms with Crippen molar-refractivity contribution < 1.29 is 32.7 Å². The second kappa shape index (κ2) is 16.1. The number of halogens is 2. The Kier molecular flexibility index (Phi) is 12.5.